The Hall–Kier alpha value is -1.16. The zero-order chi connectivity index (χ0) is 11.6. The summed E-state index contributed by atoms with van der Waals surface area (Å²) in [6.07, 6.45) is 5.05. The first-order valence-electron chi connectivity index (χ1n) is 6.06. The summed E-state index contributed by atoms with van der Waals surface area (Å²) in [5, 5.41) is 3.47. The van der Waals surface area contributed by atoms with Crippen molar-refractivity contribution in [2.45, 2.75) is 32.7 Å². The molecule has 1 N–H and O–H groups in total. The molecule has 88 valence electrons. The fourth-order valence-corrected chi connectivity index (χ4v) is 2.12. The fraction of sp³-hybridized carbons (Fsp3) is 0.667. The van der Waals surface area contributed by atoms with Crippen LogP contribution in [0.5, 0.6) is 0 Å². The van der Waals surface area contributed by atoms with Crippen LogP contribution < -0.4 is 10.2 Å². The van der Waals surface area contributed by atoms with Gasteiger partial charge in [-0.15, -0.1) is 0 Å². The van der Waals surface area contributed by atoms with Gasteiger partial charge in [0.15, 0.2) is 0 Å². The molecular formula is C12H20N4. The van der Waals surface area contributed by atoms with Gasteiger partial charge in [0.2, 0.25) is 5.95 Å². The molecule has 2 aliphatic rings. The number of hydrogen-bond acceptors (Lipinski definition) is 4. The van der Waals surface area contributed by atoms with Gasteiger partial charge >= 0.3 is 0 Å². The summed E-state index contributed by atoms with van der Waals surface area (Å²) in [4.78, 5) is 10.9. The first kappa shape index (κ1) is 11.3. The molecule has 0 aliphatic carbocycles. The lowest BCUT2D eigenvalue weighted by molar-refractivity contribution is 0.157. The van der Waals surface area contributed by atoms with Crippen molar-refractivity contribution >= 4 is 5.95 Å². The number of anilines is 1. The van der Waals surface area contributed by atoms with Crippen molar-refractivity contribution in [1.82, 2.24) is 15.3 Å². The molecule has 1 aromatic rings. The van der Waals surface area contributed by atoms with Crippen molar-refractivity contribution in [2.24, 2.45) is 0 Å². The number of nitrogens with one attached hydrogen (secondary N) is 1. The molecule has 1 aromatic heterocycles. The Morgan fingerprint density at radius 1 is 1.25 bits per heavy atom. The van der Waals surface area contributed by atoms with E-state index in [-0.39, 0.29) is 0 Å². The second-order valence-corrected chi connectivity index (χ2v) is 4.37. The van der Waals surface area contributed by atoms with Crippen molar-refractivity contribution in [3.05, 3.63) is 18.0 Å². The van der Waals surface area contributed by atoms with Gasteiger partial charge in [-0.25, -0.2) is 9.97 Å². The number of aromatic nitrogens is 2. The first-order chi connectivity index (χ1) is 7.77. The number of aryl methyl sites for hydroxylation is 1. The molecule has 0 atom stereocenters. The first-order valence-corrected chi connectivity index (χ1v) is 6.06. The second-order valence-electron chi connectivity index (χ2n) is 4.37. The van der Waals surface area contributed by atoms with Gasteiger partial charge in [-0.2, -0.15) is 0 Å². The molecule has 2 fully saturated rings. The Labute approximate surface area is 97.1 Å². The SMILES string of the molecule is CC.Cc1cnc(N2CC3(CCN3)C2)nc1. The van der Waals surface area contributed by atoms with Gasteiger partial charge in [0.05, 0.1) is 5.54 Å². The molecule has 4 nitrogen and oxygen atoms in total. The summed E-state index contributed by atoms with van der Waals surface area (Å²) in [5.41, 5.74) is 1.53. The van der Waals surface area contributed by atoms with Crippen LogP contribution in [0.1, 0.15) is 25.8 Å². The van der Waals surface area contributed by atoms with Crippen molar-refractivity contribution in [1.29, 1.82) is 0 Å². The van der Waals surface area contributed by atoms with E-state index in [0.29, 0.717) is 5.54 Å². The molecule has 0 bridgehead atoms. The largest absolute Gasteiger partial charge is 0.337 e. The summed E-state index contributed by atoms with van der Waals surface area (Å²) in [7, 11) is 0. The van der Waals surface area contributed by atoms with Crippen molar-refractivity contribution < 1.29 is 0 Å². The highest BCUT2D eigenvalue weighted by atomic mass is 15.4. The maximum Gasteiger partial charge on any atom is 0.225 e. The molecule has 0 radical (unpaired) electrons. The summed E-state index contributed by atoms with van der Waals surface area (Å²) < 4.78 is 0. The number of hydrogen-bond donors (Lipinski definition) is 1. The Kier molecular flexibility index (Phi) is 3.10. The lowest BCUT2D eigenvalue weighted by Gasteiger charge is -2.56. The van der Waals surface area contributed by atoms with E-state index in [2.05, 4.69) is 20.2 Å². The Balaban J connectivity index is 0.000000457. The highest BCUT2D eigenvalue weighted by molar-refractivity contribution is 5.39. The Morgan fingerprint density at radius 3 is 2.25 bits per heavy atom. The van der Waals surface area contributed by atoms with Crippen LogP contribution in [-0.4, -0.2) is 35.1 Å². The van der Waals surface area contributed by atoms with E-state index in [1.165, 1.54) is 13.0 Å². The minimum atomic E-state index is 0.411. The molecule has 0 aromatic carbocycles. The molecule has 4 heteroatoms. The normalized spacial score (nSPS) is 20.6. The smallest absolute Gasteiger partial charge is 0.225 e. The van der Waals surface area contributed by atoms with Gasteiger partial charge in [0.25, 0.3) is 0 Å². The van der Waals surface area contributed by atoms with E-state index < -0.39 is 0 Å². The lowest BCUT2D eigenvalue weighted by Crippen LogP contribution is -2.76. The van der Waals surface area contributed by atoms with Gasteiger partial charge < -0.3 is 10.2 Å². The standard InChI is InChI=1S/C10H14N4.C2H6/c1-8-4-11-9(12-5-8)14-6-10(7-14)2-3-13-10;1-2/h4-5,13H,2-3,6-7H2,1H3;1-2H3. The number of nitrogens with zero attached hydrogens (tertiary/aromatic N) is 3. The highest BCUT2D eigenvalue weighted by Crippen LogP contribution is 2.31. The van der Waals surface area contributed by atoms with E-state index in [0.717, 1.165) is 24.6 Å². The maximum atomic E-state index is 4.31. The van der Waals surface area contributed by atoms with Gasteiger partial charge in [-0.05, 0) is 25.5 Å². The van der Waals surface area contributed by atoms with E-state index in [1.54, 1.807) is 0 Å². The Morgan fingerprint density at radius 2 is 1.81 bits per heavy atom. The molecular weight excluding hydrogens is 200 g/mol. The zero-order valence-corrected chi connectivity index (χ0v) is 10.3. The molecule has 3 heterocycles. The number of rotatable bonds is 1. The molecule has 16 heavy (non-hydrogen) atoms. The summed E-state index contributed by atoms with van der Waals surface area (Å²) in [6, 6.07) is 0. The predicted molar refractivity (Wildman–Crippen MR) is 65.7 cm³/mol. The topological polar surface area (TPSA) is 41.1 Å². The zero-order valence-electron chi connectivity index (χ0n) is 10.3. The minimum Gasteiger partial charge on any atom is -0.337 e. The molecule has 2 aliphatic heterocycles. The van der Waals surface area contributed by atoms with Gasteiger partial charge in [0.1, 0.15) is 0 Å². The Bertz CT molecular complexity index is 335. The summed E-state index contributed by atoms with van der Waals surface area (Å²) >= 11 is 0. The van der Waals surface area contributed by atoms with Crippen LogP contribution in [0.3, 0.4) is 0 Å². The van der Waals surface area contributed by atoms with Gasteiger partial charge in [0, 0.05) is 25.5 Å². The van der Waals surface area contributed by atoms with Crippen LogP contribution >= 0.6 is 0 Å². The molecule has 1 spiro atoms. The van der Waals surface area contributed by atoms with E-state index >= 15 is 0 Å². The predicted octanol–water partition coefficient (Wildman–Crippen LogP) is 1.36. The molecule has 0 saturated carbocycles. The third-order valence-corrected chi connectivity index (χ3v) is 3.14. The quantitative estimate of drug-likeness (QED) is 0.776. The van der Waals surface area contributed by atoms with Crippen LogP contribution in [0.25, 0.3) is 0 Å². The highest BCUT2D eigenvalue weighted by Gasteiger charge is 2.47. The van der Waals surface area contributed by atoms with Crippen LogP contribution in [0.4, 0.5) is 5.95 Å². The van der Waals surface area contributed by atoms with Gasteiger partial charge in [-0.3, -0.25) is 0 Å². The van der Waals surface area contributed by atoms with Crippen LogP contribution in [0.2, 0.25) is 0 Å². The van der Waals surface area contributed by atoms with Crippen molar-refractivity contribution in [2.75, 3.05) is 24.5 Å². The van der Waals surface area contributed by atoms with Gasteiger partial charge in [-0.1, -0.05) is 13.8 Å². The summed E-state index contributed by atoms with van der Waals surface area (Å²) in [6.45, 7) is 9.31. The van der Waals surface area contributed by atoms with Crippen LogP contribution in [0, 0.1) is 6.92 Å². The summed E-state index contributed by atoms with van der Waals surface area (Å²) in [5.74, 6) is 0.870. The third kappa shape index (κ3) is 1.89. The average molecular weight is 220 g/mol. The molecule has 2 saturated heterocycles. The average Bonchev–Trinajstić information content (AvgIpc) is 2.20. The lowest BCUT2D eigenvalue weighted by atomic mass is 9.80. The third-order valence-electron chi connectivity index (χ3n) is 3.14. The van der Waals surface area contributed by atoms with Crippen molar-refractivity contribution in [3.8, 4) is 0 Å². The van der Waals surface area contributed by atoms with Crippen molar-refractivity contribution in [3.63, 3.8) is 0 Å². The second kappa shape index (κ2) is 4.37. The molecule has 0 unspecified atom stereocenters. The fourth-order valence-electron chi connectivity index (χ4n) is 2.12. The van der Waals surface area contributed by atoms with Crippen LogP contribution in [-0.2, 0) is 0 Å². The van der Waals surface area contributed by atoms with E-state index in [1.807, 2.05) is 33.2 Å². The van der Waals surface area contributed by atoms with E-state index in [9.17, 15) is 0 Å². The maximum absolute atomic E-state index is 4.31. The van der Waals surface area contributed by atoms with Crippen LogP contribution in [0.15, 0.2) is 12.4 Å². The van der Waals surface area contributed by atoms with E-state index in [4.69, 9.17) is 0 Å². The minimum absolute atomic E-state index is 0.411. The molecule has 3 rings (SSSR count). The molecule has 0 amide bonds. The monoisotopic (exact) mass is 220 g/mol.